The van der Waals surface area contributed by atoms with Crippen molar-refractivity contribution >= 4 is 11.7 Å². The summed E-state index contributed by atoms with van der Waals surface area (Å²) in [4.78, 5) is 25.6. The Morgan fingerprint density at radius 2 is 2.22 bits per heavy atom. The van der Waals surface area contributed by atoms with Crippen LogP contribution in [0, 0.1) is 16.7 Å². The second-order valence-corrected chi connectivity index (χ2v) is 9.16. The van der Waals surface area contributed by atoms with E-state index in [-0.39, 0.29) is 22.9 Å². The lowest BCUT2D eigenvalue weighted by molar-refractivity contribution is -0.124. The molecule has 2 unspecified atom stereocenters. The Balaban J connectivity index is 1.68. The molecule has 1 saturated heterocycles. The molecule has 7 nitrogen and oxygen atoms in total. The van der Waals surface area contributed by atoms with Gasteiger partial charge < -0.3 is 10.2 Å². The number of likely N-dealkylation sites (N-methyl/N-ethyl adjacent to an activating group) is 1. The highest BCUT2D eigenvalue weighted by atomic mass is 16.2. The number of nitriles is 1. The number of nitrogens with one attached hydrogen (secondary N) is 1. The highest BCUT2D eigenvalue weighted by Crippen LogP contribution is 2.43. The van der Waals surface area contributed by atoms with E-state index in [4.69, 9.17) is 5.26 Å². The van der Waals surface area contributed by atoms with E-state index in [1.807, 2.05) is 7.05 Å². The van der Waals surface area contributed by atoms with Crippen LogP contribution in [0.4, 0.5) is 5.82 Å². The van der Waals surface area contributed by atoms with Crippen molar-refractivity contribution in [2.45, 2.75) is 58.0 Å². The zero-order valence-corrected chi connectivity index (χ0v) is 16.8. The molecule has 1 aromatic rings. The molecule has 1 saturated carbocycles. The molecule has 1 aliphatic carbocycles. The maximum absolute atomic E-state index is 12.7. The minimum atomic E-state index is -0.190. The molecule has 2 atom stereocenters. The van der Waals surface area contributed by atoms with Crippen molar-refractivity contribution in [3.63, 3.8) is 0 Å². The molecule has 0 bridgehead atoms. The molecule has 1 aliphatic heterocycles. The smallest absolute Gasteiger partial charge is 0.234 e. The first kappa shape index (κ1) is 19.6. The summed E-state index contributed by atoms with van der Waals surface area (Å²) in [7, 11) is 2.00. The number of hydrogen-bond donors (Lipinski definition) is 1. The third kappa shape index (κ3) is 4.38. The minimum Gasteiger partial charge on any atom is -0.350 e. The number of anilines is 1. The lowest BCUT2D eigenvalue weighted by Gasteiger charge is -2.34. The quantitative estimate of drug-likeness (QED) is 0.853. The van der Waals surface area contributed by atoms with Crippen LogP contribution in [0.15, 0.2) is 12.4 Å². The molecule has 1 aromatic heterocycles. The first-order valence-electron chi connectivity index (χ1n) is 9.71. The number of nitrogens with zero attached hydrogens (tertiary/aromatic N) is 5. The lowest BCUT2D eigenvalue weighted by atomic mass is 9.92. The summed E-state index contributed by atoms with van der Waals surface area (Å²) >= 11 is 0. The van der Waals surface area contributed by atoms with Crippen LogP contribution in [0.5, 0.6) is 0 Å². The van der Waals surface area contributed by atoms with Crippen molar-refractivity contribution in [3.8, 4) is 6.07 Å². The van der Waals surface area contributed by atoms with Gasteiger partial charge in [-0.1, -0.05) is 20.8 Å². The Morgan fingerprint density at radius 3 is 2.93 bits per heavy atom. The van der Waals surface area contributed by atoms with Crippen molar-refractivity contribution in [3.05, 3.63) is 18.1 Å². The van der Waals surface area contributed by atoms with Gasteiger partial charge in [-0.2, -0.15) is 5.26 Å². The molecule has 146 valence electrons. The highest BCUT2D eigenvalue weighted by Gasteiger charge is 2.51. The molecule has 3 rings (SSSR count). The summed E-state index contributed by atoms with van der Waals surface area (Å²) in [6.07, 6.45) is 7.21. The Labute approximate surface area is 161 Å². The maximum atomic E-state index is 12.7. The highest BCUT2D eigenvalue weighted by molar-refractivity contribution is 5.79. The van der Waals surface area contributed by atoms with E-state index in [9.17, 15) is 4.79 Å². The van der Waals surface area contributed by atoms with Crippen LogP contribution < -0.4 is 10.2 Å². The number of aromatic nitrogens is 2. The summed E-state index contributed by atoms with van der Waals surface area (Å²) < 4.78 is 0. The molecular formula is C20H30N6O. The van der Waals surface area contributed by atoms with Crippen molar-refractivity contribution in [1.82, 2.24) is 20.2 Å². The number of fused-ring (bicyclic) bond motifs is 1. The Bertz CT molecular complexity index is 737. The van der Waals surface area contributed by atoms with Crippen LogP contribution in [0.3, 0.4) is 0 Å². The third-order valence-corrected chi connectivity index (χ3v) is 5.49. The summed E-state index contributed by atoms with van der Waals surface area (Å²) in [6.45, 7) is 8.65. The van der Waals surface area contributed by atoms with Gasteiger partial charge in [0.2, 0.25) is 5.91 Å². The monoisotopic (exact) mass is 370 g/mol. The van der Waals surface area contributed by atoms with E-state index in [0.717, 1.165) is 44.6 Å². The number of amides is 1. The zero-order valence-electron chi connectivity index (χ0n) is 16.8. The van der Waals surface area contributed by atoms with Crippen molar-refractivity contribution in [2.75, 3.05) is 31.6 Å². The fraction of sp³-hybridized carbons (Fsp3) is 0.700. The first-order valence-corrected chi connectivity index (χ1v) is 9.71. The molecule has 27 heavy (non-hydrogen) atoms. The molecule has 2 fully saturated rings. The summed E-state index contributed by atoms with van der Waals surface area (Å²) in [5.41, 5.74) is 0.303. The molecule has 0 aromatic carbocycles. The molecule has 2 aliphatic rings. The van der Waals surface area contributed by atoms with Crippen molar-refractivity contribution < 1.29 is 4.79 Å². The van der Waals surface area contributed by atoms with Crippen LogP contribution in [0.2, 0.25) is 0 Å². The number of hydrogen-bond acceptors (Lipinski definition) is 6. The molecular weight excluding hydrogens is 340 g/mol. The summed E-state index contributed by atoms with van der Waals surface area (Å²) in [5, 5.41) is 12.5. The fourth-order valence-corrected chi connectivity index (χ4v) is 4.73. The van der Waals surface area contributed by atoms with Gasteiger partial charge in [0.15, 0.2) is 5.69 Å². The van der Waals surface area contributed by atoms with Gasteiger partial charge in [0.05, 0.1) is 30.5 Å². The molecule has 1 amide bonds. The van der Waals surface area contributed by atoms with Gasteiger partial charge in [-0.3, -0.25) is 14.7 Å². The van der Waals surface area contributed by atoms with Crippen LogP contribution in [0.25, 0.3) is 0 Å². The predicted octanol–water partition coefficient (Wildman–Crippen LogP) is 1.94. The SMILES string of the molecule is CN(CC(=O)NC12CCCC1N(c1cncc(C#N)n1)CC2)CC(C)(C)C. The van der Waals surface area contributed by atoms with E-state index in [2.05, 4.69) is 51.9 Å². The number of carbonyl (C=O) groups is 1. The van der Waals surface area contributed by atoms with Crippen LogP contribution in [-0.2, 0) is 4.79 Å². The Hall–Kier alpha value is -2.20. The van der Waals surface area contributed by atoms with Gasteiger partial charge in [-0.05, 0) is 38.1 Å². The fourth-order valence-electron chi connectivity index (χ4n) is 4.73. The van der Waals surface area contributed by atoms with E-state index >= 15 is 0 Å². The Morgan fingerprint density at radius 1 is 1.44 bits per heavy atom. The summed E-state index contributed by atoms with van der Waals surface area (Å²) in [6, 6.07) is 2.28. The molecule has 7 heteroatoms. The largest absolute Gasteiger partial charge is 0.350 e. The van der Waals surface area contributed by atoms with E-state index in [1.165, 1.54) is 6.20 Å². The van der Waals surface area contributed by atoms with Gasteiger partial charge in [-0.15, -0.1) is 0 Å². The molecule has 2 heterocycles. The van der Waals surface area contributed by atoms with Gasteiger partial charge >= 0.3 is 0 Å². The van der Waals surface area contributed by atoms with Gasteiger partial charge in [0, 0.05) is 13.1 Å². The third-order valence-electron chi connectivity index (χ3n) is 5.49. The summed E-state index contributed by atoms with van der Waals surface area (Å²) in [5.74, 6) is 0.828. The predicted molar refractivity (Wildman–Crippen MR) is 104 cm³/mol. The van der Waals surface area contributed by atoms with Crippen LogP contribution in [0.1, 0.15) is 52.1 Å². The molecule has 0 spiro atoms. The lowest BCUT2D eigenvalue weighted by Crippen LogP contribution is -2.55. The van der Waals surface area contributed by atoms with Crippen molar-refractivity contribution in [1.29, 1.82) is 5.26 Å². The topological polar surface area (TPSA) is 85.2 Å². The minimum absolute atomic E-state index is 0.0901. The van der Waals surface area contributed by atoms with Crippen LogP contribution in [-0.4, -0.2) is 59.0 Å². The van der Waals surface area contributed by atoms with E-state index in [0.29, 0.717) is 12.2 Å². The van der Waals surface area contributed by atoms with Gasteiger partial charge in [-0.25, -0.2) is 4.98 Å². The standard InChI is InChI=1S/C20H30N6O/c1-19(2,3)14-25(4)13-18(27)24-20-7-5-6-16(20)26(9-8-20)17-12-22-11-15(10-21)23-17/h11-12,16H,5-9,13-14H2,1-4H3,(H,24,27). The second-order valence-electron chi connectivity index (χ2n) is 9.16. The Kier molecular flexibility index (Phi) is 5.38. The van der Waals surface area contributed by atoms with Gasteiger partial charge in [0.1, 0.15) is 11.9 Å². The second kappa shape index (κ2) is 7.43. The van der Waals surface area contributed by atoms with Gasteiger partial charge in [0.25, 0.3) is 0 Å². The maximum Gasteiger partial charge on any atom is 0.234 e. The molecule has 1 N–H and O–H groups in total. The number of carbonyl (C=O) groups excluding carboxylic acids is 1. The molecule has 0 radical (unpaired) electrons. The van der Waals surface area contributed by atoms with E-state index < -0.39 is 0 Å². The first-order chi connectivity index (χ1) is 12.7. The zero-order chi connectivity index (χ0) is 19.7. The normalized spacial score (nSPS) is 24.7. The van der Waals surface area contributed by atoms with Crippen LogP contribution >= 0.6 is 0 Å². The van der Waals surface area contributed by atoms with E-state index in [1.54, 1.807) is 6.20 Å². The average Bonchev–Trinajstić information content (AvgIpc) is 3.10. The number of rotatable bonds is 5. The average molecular weight is 371 g/mol. The van der Waals surface area contributed by atoms with Crippen molar-refractivity contribution in [2.24, 2.45) is 5.41 Å².